The van der Waals surface area contributed by atoms with E-state index >= 15 is 0 Å². The van der Waals surface area contributed by atoms with Crippen LogP contribution >= 0.6 is 0 Å². The van der Waals surface area contributed by atoms with Gasteiger partial charge in [0.1, 0.15) is 11.9 Å². The predicted molar refractivity (Wildman–Crippen MR) is 103 cm³/mol. The Balaban J connectivity index is 1.60. The highest BCUT2D eigenvalue weighted by Gasteiger charge is 2.25. The molecule has 6 heteroatoms. The first kappa shape index (κ1) is 18.8. The van der Waals surface area contributed by atoms with Crippen LogP contribution in [0.25, 0.3) is 5.69 Å². The fourth-order valence-corrected chi connectivity index (χ4v) is 2.99. The molecule has 3 aromatic rings. The first-order chi connectivity index (χ1) is 13.1. The van der Waals surface area contributed by atoms with Gasteiger partial charge in [0.15, 0.2) is 0 Å². The van der Waals surface area contributed by atoms with E-state index in [1.807, 2.05) is 36.5 Å². The van der Waals surface area contributed by atoms with Gasteiger partial charge in [-0.05, 0) is 44.3 Å². The summed E-state index contributed by atoms with van der Waals surface area (Å²) in [5.74, 6) is -0.601. The number of rotatable bonds is 7. The number of para-hydroxylation sites is 1. The number of benzene rings is 2. The van der Waals surface area contributed by atoms with Crippen LogP contribution in [0.15, 0.2) is 67.0 Å². The normalized spacial score (nSPS) is 12.1. The minimum absolute atomic E-state index is 0.222. The lowest BCUT2D eigenvalue weighted by Gasteiger charge is -2.24. The zero-order chi connectivity index (χ0) is 19.2. The summed E-state index contributed by atoms with van der Waals surface area (Å²) >= 11 is 0. The first-order valence-electron chi connectivity index (χ1n) is 8.84. The zero-order valence-corrected chi connectivity index (χ0v) is 15.5. The van der Waals surface area contributed by atoms with Crippen molar-refractivity contribution in [1.29, 1.82) is 0 Å². The molecule has 0 aliphatic carbocycles. The first-order valence-corrected chi connectivity index (χ1v) is 8.84. The largest absolute Gasteiger partial charge is 0.354 e. The van der Waals surface area contributed by atoms with E-state index in [1.54, 1.807) is 48.1 Å². The van der Waals surface area contributed by atoms with Gasteiger partial charge in [0.05, 0.1) is 11.9 Å². The van der Waals surface area contributed by atoms with E-state index in [-0.39, 0.29) is 11.7 Å². The summed E-state index contributed by atoms with van der Waals surface area (Å²) in [7, 11) is 3.53. The summed E-state index contributed by atoms with van der Waals surface area (Å²) in [6.45, 7) is 0.456. The lowest BCUT2D eigenvalue weighted by Crippen LogP contribution is -2.38. The molecule has 0 saturated heterocycles. The number of hydrogen-bond acceptors (Lipinski definition) is 3. The molecule has 0 spiro atoms. The van der Waals surface area contributed by atoms with Crippen LogP contribution in [0.3, 0.4) is 0 Å². The van der Waals surface area contributed by atoms with E-state index in [4.69, 9.17) is 0 Å². The molecule has 1 atom stereocenters. The molecule has 0 aliphatic rings. The van der Waals surface area contributed by atoms with Crippen LogP contribution in [0.5, 0.6) is 0 Å². The van der Waals surface area contributed by atoms with E-state index in [1.165, 1.54) is 6.07 Å². The summed E-state index contributed by atoms with van der Waals surface area (Å²) in [5.41, 5.74) is 2.38. The van der Waals surface area contributed by atoms with E-state index in [0.29, 0.717) is 18.5 Å². The third kappa shape index (κ3) is 4.60. The molecular formula is C21H23FN4O. The summed E-state index contributed by atoms with van der Waals surface area (Å²) in [6.07, 6.45) is 4.39. The van der Waals surface area contributed by atoms with Crippen molar-refractivity contribution in [1.82, 2.24) is 20.0 Å². The molecule has 5 nitrogen and oxygen atoms in total. The maximum absolute atomic E-state index is 14.1. The van der Waals surface area contributed by atoms with Gasteiger partial charge in [-0.15, -0.1) is 0 Å². The van der Waals surface area contributed by atoms with Crippen molar-refractivity contribution in [2.75, 3.05) is 20.6 Å². The zero-order valence-electron chi connectivity index (χ0n) is 15.5. The molecule has 2 aromatic carbocycles. The van der Waals surface area contributed by atoms with Crippen molar-refractivity contribution in [2.45, 2.75) is 12.5 Å². The fraction of sp³-hybridized carbons (Fsp3) is 0.238. The molecule has 0 bridgehead atoms. The van der Waals surface area contributed by atoms with E-state index in [2.05, 4.69) is 10.4 Å². The smallest absolute Gasteiger partial charge is 0.242 e. The third-order valence-corrected chi connectivity index (χ3v) is 4.33. The Kier molecular flexibility index (Phi) is 5.98. The number of halogens is 1. The molecule has 27 heavy (non-hydrogen) atoms. The summed E-state index contributed by atoms with van der Waals surface area (Å²) in [4.78, 5) is 14.3. The third-order valence-electron chi connectivity index (χ3n) is 4.33. The summed E-state index contributed by atoms with van der Waals surface area (Å²) in [5, 5.41) is 7.26. The van der Waals surface area contributed by atoms with Gasteiger partial charge in [0.25, 0.3) is 0 Å². The minimum atomic E-state index is -0.668. The van der Waals surface area contributed by atoms with Crippen molar-refractivity contribution in [2.24, 2.45) is 0 Å². The monoisotopic (exact) mass is 366 g/mol. The van der Waals surface area contributed by atoms with Crippen LogP contribution in [0.2, 0.25) is 0 Å². The topological polar surface area (TPSA) is 50.2 Å². The second-order valence-corrected chi connectivity index (χ2v) is 6.56. The lowest BCUT2D eigenvalue weighted by molar-refractivity contribution is -0.125. The van der Waals surface area contributed by atoms with E-state index in [9.17, 15) is 9.18 Å². The van der Waals surface area contributed by atoms with Crippen molar-refractivity contribution in [3.05, 3.63) is 83.9 Å². The van der Waals surface area contributed by atoms with Crippen LogP contribution in [0.1, 0.15) is 17.2 Å². The Hall–Kier alpha value is -2.99. The number of nitrogens with zero attached hydrogens (tertiary/aromatic N) is 3. The second kappa shape index (κ2) is 8.60. The van der Waals surface area contributed by atoms with E-state index < -0.39 is 6.04 Å². The van der Waals surface area contributed by atoms with Gasteiger partial charge in [0, 0.05) is 18.3 Å². The highest BCUT2D eigenvalue weighted by atomic mass is 19.1. The Morgan fingerprint density at radius 1 is 1.15 bits per heavy atom. The van der Waals surface area contributed by atoms with Crippen molar-refractivity contribution < 1.29 is 9.18 Å². The number of nitrogens with one attached hydrogen (secondary N) is 1. The second-order valence-electron chi connectivity index (χ2n) is 6.56. The SMILES string of the molecule is CN(C)[C@H](C(=O)NCCc1cnn(-c2ccccc2)c1)c1ccccc1F. The highest BCUT2D eigenvalue weighted by molar-refractivity contribution is 5.83. The molecule has 1 amide bonds. The van der Waals surface area contributed by atoms with Gasteiger partial charge in [-0.1, -0.05) is 36.4 Å². The average Bonchev–Trinajstić information content (AvgIpc) is 3.13. The van der Waals surface area contributed by atoms with Crippen LogP contribution in [-0.4, -0.2) is 41.2 Å². The molecule has 1 heterocycles. The highest BCUT2D eigenvalue weighted by Crippen LogP contribution is 2.21. The fourth-order valence-electron chi connectivity index (χ4n) is 2.99. The summed E-state index contributed by atoms with van der Waals surface area (Å²) in [6, 6.07) is 15.5. The standard InChI is InChI=1S/C21H23FN4O/c1-25(2)20(18-10-6-7-11-19(18)22)21(27)23-13-12-16-14-24-26(15-16)17-8-4-3-5-9-17/h3-11,14-15,20H,12-13H2,1-2H3,(H,23,27)/t20-/m0/s1. The van der Waals surface area contributed by atoms with Crippen LogP contribution in [-0.2, 0) is 11.2 Å². The Bertz CT molecular complexity index is 892. The number of carbonyl (C=O) groups excluding carboxylic acids is 1. The van der Waals surface area contributed by atoms with Crippen LogP contribution in [0.4, 0.5) is 4.39 Å². The van der Waals surface area contributed by atoms with Crippen LogP contribution < -0.4 is 5.32 Å². The number of likely N-dealkylation sites (N-methyl/N-ethyl adjacent to an activating group) is 1. The van der Waals surface area contributed by atoms with Gasteiger partial charge in [0.2, 0.25) is 5.91 Å². The lowest BCUT2D eigenvalue weighted by atomic mass is 10.0. The van der Waals surface area contributed by atoms with Gasteiger partial charge in [-0.2, -0.15) is 5.10 Å². The van der Waals surface area contributed by atoms with Gasteiger partial charge < -0.3 is 5.32 Å². The molecular weight excluding hydrogens is 343 g/mol. The molecule has 0 fully saturated rings. The van der Waals surface area contributed by atoms with Gasteiger partial charge in [-0.25, -0.2) is 9.07 Å². The van der Waals surface area contributed by atoms with Gasteiger partial charge in [-0.3, -0.25) is 9.69 Å². The molecule has 140 valence electrons. The van der Waals surface area contributed by atoms with Crippen molar-refractivity contribution in [3.8, 4) is 5.69 Å². The van der Waals surface area contributed by atoms with Gasteiger partial charge >= 0.3 is 0 Å². The predicted octanol–water partition coefficient (Wildman–Crippen LogP) is 2.97. The average molecular weight is 366 g/mol. The molecule has 0 saturated carbocycles. The molecule has 1 N–H and O–H groups in total. The molecule has 1 aromatic heterocycles. The maximum Gasteiger partial charge on any atom is 0.242 e. The molecule has 3 rings (SSSR count). The van der Waals surface area contributed by atoms with E-state index in [0.717, 1.165) is 11.3 Å². The minimum Gasteiger partial charge on any atom is -0.354 e. The maximum atomic E-state index is 14.1. The number of hydrogen-bond donors (Lipinski definition) is 1. The molecule has 0 unspecified atom stereocenters. The van der Waals surface area contributed by atoms with Crippen molar-refractivity contribution >= 4 is 5.91 Å². The molecule has 0 aliphatic heterocycles. The Morgan fingerprint density at radius 3 is 2.56 bits per heavy atom. The van der Waals surface area contributed by atoms with Crippen molar-refractivity contribution in [3.63, 3.8) is 0 Å². The Labute approximate surface area is 158 Å². The number of amides is 1. The Morgan fingerprint density at radius 2 is 1.85 bits per heavy atom. The number of aromatic nitrogens is 2. The number of carbonyl (C=O) groups is 1. The summed E-state index contributed by atoms with van der Waals surface area (Å²) < 4.78 is 15.9. The molecule has 0 radical (unpaired) electrons. The quantitative estimate of drug-likeness (QED) is 0.699. The van der Waals surface area contributed by atoms with Crippen LogP contribution in [0, 0.1) is 5.82 Å².